The molecule has 1 aromatic heterocycles. The zero-order chi connectivity index (χ0) is 8.97. The smallest absolute Gasteiger partial charge is 0.320 e. The van der Waals surface area contributed by atoms with Crippen LogP contribution >= 0.6 is 0 Å². The van der Waals surface area contributed by atoms with Crippen LogP contribution < -0.4 is 5.73 Å². The lowest BCUT2D eigenvalue weighted by molar-refractivity contribution is -0.138. The van der Waals surface area contributed by atoms with Crippen molar-refractivity contribution in [3.63, 3.8) is 0 Å². The summed E-state index contributed by atoms with van der Waals surface area (Å²) in [6, 6.07) is -0.813. The second kappa shape index (κ2) is 3.82. The molecular weight excluding hydrogens is 160 g/mol. The number of aromatic nitrogens is 3. The Hall–Kier alpha value is -1.43. The van der Waals surface area contributed by atoms with Gasteiger partial charge in [-0.15, -0.1) is 10.2 Å². The molecule has 1 heterocycles. The van der Waals surface area contributed by atoms with Crippen LogP contribution in [0.4, 0.5) is 0 Å². The van der Waals surface area contributed by atoms with Gasteiger partial charge in [0.05, 0.1) is 0 Å². The van der Waals surface area contributed by atoms with Crippen molar-refractivity contribution < 1.29 is 9.90 Å². The lowest BCUT2D eigenvalue weighted by Gasteiger charge is -2.05. The molecule has 1 aromatic rings. The predicted molar refractivity (Wildman–Crippen MR) is 40.3 cm³/mol. The molecule has 12 heavy (non-hydrogen) atoms. The summed E-state index contributed by atoms with van der Waals surface area (Å²) in [6.07, 6.45) is 3.43. The van der Waals surface area contributed by atoms with Crippen molar-refractivity contribution in [3.05, 3.63) is 12.7 Å². The number of rotatable bonds is 4. The van der Waals surface area contributed by atoms with E-state index in [0.717, 1.165) is 0 Å². The number of hydrogen-bond acceptors (Lipinski definition) is 4. The maximum Gasteiger partial charge on any atom is 0.320 e. The SMILES string of the molecule is NC(CCn1cnnc1)C(=O)O. The molecule has 0 amide bonds. The minimum atomic E-state index is -0.983. The maximum atomic E-state index is 10.3. The van der Waals surface area contributed by atoms with Crippen LogP contribution in [0.25, 0.3) is 0 Å². The summed E-state index contributed by atoms with van der Waals surface area (Å²) in [5.41, 5.74) is 5.28. The third kappa shape index (κ3) is 2.31. The van der Waals surface area contributed by atoms with E-state index in [0.29, 0.717) is 13.0 Å². The summed E-state index contributed by atoms with van der Waals surface area (Å²) in [5.74, 6) is -0.983. The van der Waals surface area contributed by atoms with Gasteiger partial charge in [0, 0.05) is 6.54 Å². The Morgan fingerprint density at radius 2 is 2.17 bits per heavy atom. The van der Waals surface area contributed by atoms with Crippen LogP contribution in [0, 0.1) is 0 Å². The number of hydrogen-bond donors (Lipinski definition) is 2. The summed E-state index contributed by atoms with van der Waals surface area (Å²) in [4.78, 5) is 10.3. The second-order valence-electron chi connectivity index (χ2n) is 2.43. The molecule has 1 atom stereocenters. The molecule has 6 heteroatoms. The Balaban J connectivity index is 2.31. The fourth-order valence-corrected chi connectivity index (χ4v) is 0.749. The van der Waals surface area contributed by atoms with Crippen LogP contribution in [-0.2, 0) is 11.3 Å². The number of nitrogens with two attached hydrogens (primary N) is 1. The van der Waals surface area contributed by atoms with E-state index >= 15 is 0 Å². The van der Waals surface area contributed by atoms with Gasteiger partial charge >= 0.3 is 5.97 Å². The lowest BCUT2D eigenvalue weighted by Crippen LogP contribution is -2.31. The highest BCUT2D eigenvalue weighted by Gasteiger charge is 2.10. The first-order chi connectivity index (χ1) is 5.70. The monoisotopic (exact) mass is 170 g/mol. The highest BCUT2D eigenvalue weighted by atomic mass is 16.4. The van der Waals surface area contributed by atoms with Gasteiger partial charge in [-0.1, -0.05) is 0 Å². The Bertz CT molecular complexity index is 246. The van der Waals surface area contributed by atoms with Gasteiger partial charge in [0.15, 0.2) is 0 Å². The summed E-state index contributed by atoms with van der Waals surface area (Å²) >= 11 is 0. The number of nitrogens with zero attached hydrogens (tertiary/aromatic N) is 3. The topological polar surface area (TPSA) is 94.0 Å². The van der Waals surface area contributed by atoms with Gasteiger partial charge in [0.1, 0.15) is 18.7 Å². The van der Waals surface area contributed by atoms with E-state index in [9.17, 15) is 4.79 Å². The first kappa shape index (κ1) is 8.66. The van der Waals surface area contributed by atoms with Crippen molar-refractivity contribution in [2.45, 2.75) is 19.0 Å². The standard InChI is InChI=1S/C6H10N4O2/c7-5(6(11)12)1-2-10-3-8-9-4-10/h3-5H,1-2,7H2,(H,11,12). The van der Waals surface area contributed by atoms with Crippen LogP contribution in [0.15, 0.2) is 12.7 Å². The van der Waals surface area contributed by atoms with E-state index in [1.807, 2.05) is 0 Å². The Kier molecular flexibility index (Phi) is 2.76. The lowest BCUT2D eigenvalue weighted by atomic mass is 10.2. The van der Waals surface area contributed by atoms with Gasteiger partial charge < -0.3 is 15.4 Å². The van der Waals surface area contributed by atoms with Crippen molar-refractivity contribution in [3.8, 4) is 0 Å². The minimum Gasteiger partial charge on any atom is -0.480 e. The molecule has 0 aliphatic carbocycles. The third-order valence-electron chi connectivity index (χ3n) is 1.48. The highest BCUT2D eigenvalue weighted by molar-refractivity contribution is 5.72. The average Bonchev–Trinajstić information content (AvgIpc) is 2.51. The molecule has 0 radical (unpaired) electrons. The molecule has 3 N–H and O–H groups in total. The number of carbonyl (C=O) groups is 1. The van der Waals surface area contributed by atoms with Crippen molar-refractivity contribution in [2.24, 2.45) is 5.73 Å². The van der Waals surface area contributed by atoms with Gasteiger partial charge in [0.25, 0.3) is 0 Å². The van der Waals surface area contributed by atoms with E-state index < -0.39 is 12.0 Å². The van der Waals surface area contributed by atoms with Crippen molar-refractivity contribution in [1.29, 1.82) is 0 Å². The minimum absolute atomic E-state index is 0.382. The van der Waals surface area contributed by atoms with E-state index in [2.05, 4.69) is 10.2 Å². The molecule has 0 fully saturated rings. The van der Waals surface area contributed by atoms with Gasteiger partial charge in [-0.2, -0.15) is 0 Å². The summed E-state index contributed by atoms with van der Waals surface area (Å²) in [5, 5.41) is 15.6. The van der Waals surface area contributed by atoms with Crippen LogP contribution in [0.2, 0.25) is 0 Å². The molecular formula is C6H10N4O2. The van der Waals surface area contributed by atoms with E-state index in [-0.39, 0.29) is 0 Å². The fourth-order valence-electron chi connectivity index (χ4n) is 0.749. The highest BCUT2D eigenvalue weighted by Crippen LogP contribution is 1.92. The number of carboxylic acids is 1. The van der Waals surface area contributed by atoms with Crippen molar-refractivity contribution in [1.82, 2.24) is 14.8 Å². The Labute approximate surface area is 69.0 Å². The second-order valence-corrected chi connectivity index (χ2v) is 2.43. The van der Waals surface area contributed by atoms with E-state index in [1.54, 1.807) is 4.57 Å². The van der Waals surface area contributed by atoms with Crippen molar-refractivity contribution in [2.75, 3.05) is 0 Å². The van der Waals surface area contributed by atoms with Crippen LogP contribution in [0.5, 0.6) is 0 Å². The molecule has 0 bridgehead atoms. The molecule has 66 valence electrons. The number of aliphatic carboxylic acids is 1. The molecule has 1 rings (SSSR count). The Morgan fingerprint density at radius 3 is 2.67 bits per heavy atom. The average molecular weight is 170 g/mol. The maximum absolute atomic E-state index is 10.3. The molecule has 1 unspecified atom stereocenters. The number of aryl methyl sites for hydroxylation is 1. The van der Waals surface area contributed by atoms with Crippen molar-refractivity contribution >= 4 is 5.97 Å². The van der Waals surface area contributed by atoms with E-state index in [1.165, 1.54) is 12.7 Å². The summed E-state index contributed by atoms with van der Waals surface area (Å²) < 4.78 is 1.68. The van der Waals surface area contributed by atoms with Gasteiger partial charge in [-0.25, -0.2) is 0 Å². The molecule has 0 aliphatic heterocycles. The quantitative estimate of drug-likeness (QED) is 0.609. The Morgan fingerprint density at radius 1 is 1.58 bits per heavy atom. The summed E-state index contributed by atoms with van der Waals surface area (Å²) in [6.45, 7) is 0.528. The van der Waals surface area contributed by atoms with Gasteiger partial charge in [-0.3, -0.25) is 4.79 Å². The molecule has 6 nitrogen and oxygen atoms in total. The van der Waals surface area contributed by atoms with E-state index in [4.69, 9.17) is 10.8 Å². The third-order valence-corrected chi connectivity index (χ3v) is 1.48. The molecule has 0 aliphatic rings. The van der Waals surface area contributed by atoms with Gasteiger partial charge in [0.2, 0.25) is 0 Å². The number of carboxylic acid groups (broad SMARTS) is 1. The zero-order valence-corrected chi connectivity index (χ0v) is 6.42. The molecule has 0 aromatic carbocycles. The van der Waals surface area contributed by atoms with Crippen LogP contribution in [-0.4, -0.2) is 31.9 Å². The largest absolute Gasteiger partial charge is 0.480 e. The summed E-state index contributed by atoms with van der Waals surface area (Å²) in [7, 11) is 0. The zero-order valence-electron chi connectivity index (χ0n) is 6.42. The molecule has 0 saturated carbocycles. The first-order valence-corrected chi connectivity index (χ1v) is 3.51. The van der Waals surface area contributed by atoms with Gasteiger partial charge in [-0.05, 0) is 6.42 Å². The molecule has 0 spiro atoms. The fraction of sp³-hybridized carbons (Fsp3) is 0.500. The van der Waals surface area contributed by atoms with Crippen LogP contribution in [0.1, 0.15) is 6.42 Å². The molecule has 0 saturated heterocycles. The predicted octanol–water partition coefficient (Wildman–Crippen LogP) is -0.920. The van der Waals surface area contributed by atoms with Crippen LogP contribution in [0.3, 0.4) is 0 Å². The normalized spacial score (nSPS) is 12.8. The first-order valence-electron chi connectivity index (χ1n) is 3.51.